The van der Waals surface area contributed by atoms with E-state index in [1.54, 1.807) is 23.5 Å². The summed E-state index contributed by atoms with van der Waals surface area (Å²) in [6.45, 7) is 0. The van der Waals surface area contributed by atoms with Crippen LogP contribution >= 0.6 is 27.3 Å². The van der Waals surface area contributed by atoms with Crippen molar-refractivity contribution in [3.05, 3.63) is 50.6 Å². The van der Waals surface area contributed by atoms with Gasteiger partial charge in [0.05, 0.1) is 0 Å². The summed E-state index contributed by atoms with van der Waals surface area (Å²) in [5.41, 5.74) is 6.94. The third-order valence-corrected chi connectivity index (χ3v) is 4.60. The fourth-order valence-corrected chi connectivity index (χ4v) is 3.41. The zero-order valence-corrected chi connectivity index (χ0v) is 12.6. The SMILES string of the molecule is NC(Cc1ccc(OC(F)(F)F)cc1)c1sccc1Br. The molecule has 0 amide bonds. The molecule has 0 aliphatic carbocycles. The van der Waals surface area contributed by atoms with Crippen LogP contribution in [0, 0.1) is 0 Å². The Morgan fingerprint density at radius 3 is 2.35 bits per heavy atom. The minimum Gasteiger partial charge on any atom is -0.406 e. The fraction of sp³-hybridized carbons (Fsp3) is 0.231. The molecule has 7 heteroatoms. The molecule has 0 spiro atoms. The minimum absolute atomic E-state index is 0.196. The lowest BCUT2D eigenvalue weighted by atomic mass is 10.1. The van der Waals surface area contributed by atoms with E-state index in [1.165, 1.54) is 12.1 Å². The zero-order chi connectivity index (χ0) is 14.8. The number of halogens is 4. The van der Waals surface area contributed by atoms with Crippen LogP contribution in [0.4, 0.5) is 13.2 Å². The molecule has 2 rings (SSSR count). The maximum atomic E-state index is 12.0. The first-order valence-corrected chi connectivity index (χ1v) is 7.35. The lowest BCUT2D eigenvalue weighted by Gasteiger charge is -2.12. The highest BCUT2D eigenvalue weighted by Crippen LogP contribution is 2.30. The van der Waals surface area contributed by atoms with Crippen molar-refractivity contribution in [3.8, 4) is 5.75 Å². The predicted octanol–water partition coefficient (Wildman–Crippen LogP) is 4.65. The average molecular weight is 366 g/mol. The summed E-state index contributed by atoms with van der Waals surface area (Å²) in [6.07, 6.45) is -4.12. The van der Waals surface area contributed by atoms with Crippen molar-refractivity contribution in [2.75, 3.05) is 0 Å². The van der Waals surface area contributed by atoms with Crippen molar-refractivity contribution in [3.63, 3.8) is 0 Å². The summed E-state index contributed by atoms with van der Waals surface area (Å²) in [6, 6.07) is 7.47. The van der Waals surface area contributed by atoms with Crippen LogP contribution in [0.1, 0.15) is 16.5 Å². The van der Waals surface area contributed by atoms with Gasteiger partial charge < -0.3 is 10.5 Å². The van der Waals surface area contributed by atoms with E-state index in [9.17, 15) is 13.2 Å². The number of nitrogens with two attached hydrogens (primary N) is 1. The molecule has 0 aliphatic heterocycles. The maximum absolute atomic E-state index is 12.0. The number of alkyl halides is 3. The van der Waals surface area contributed by atoms with Crippen LogP contribution in [0.2, 0.25) is 0 Å². The number of thiophene rings is 1. The summed E-state index contributed by atoms with van der Waals surface area (Å²) >= 11 is 4.95. The van der Waals surface area contributed by atoms with Crippen molar-refractivity contribution in [1.82, 2.24) is 0 Å². The lowest BCUT2D eigenvalue weighted by molar-refractivity contribution is -0.274. The third kappa shape index (κ3) is 4.22. The fourth-order valence-electron chi connectivity index (χ4n) is 1.74. The van der Waals surface area contributed by atoms with E-state index < -0.39 is 6.36 Å². The molecule has 0 saturated carbocycles. The van der Waals surface area contributed by atoms with Crippen LogP contribution in [-0.4, -0.2) is 6.36 Å². The Morgan fingerprint density at radius 2 is 1.85 bits per heavy atom. The first-order valence-electron chi connectivity index (χ1n) is 5.68. The molecule has 2 aromatic rings. The molecule has 1 aromatic heterocycles. The van der Waals surface area contributed by atoms with Gasteiger partial charge in [0.15, 0.2) is 0 Å². The van der Waals surface area contributed by atoms with Gasteiger partial charge in [-0.3, -0.25) is 0 Å². The van der Waals surface area contributed by atoms with Gasteiger partial charge in [-0.1, -0.05) is 12.1 Å². The Bertz CT molecular complexity index is 568. The normalized spacial score (nSPS) is 13.2. The molecule has 2 N–H and O–H groups in total. The van der Waals surface area contributed by atoms with Gasteiger partial charge in [0.25, 0.3) is 0 Å². The smallest absolute Gasteiger partial charge is 0.406 e. The van der Waals surface area contributed by atoms with Crippen LogP contribution < -0.4 is 10.5 Å². The molecule has 108 valence electrons. The molecule has 1 heterocycles. The molecule has 20 heavy (non-hydrogen) atoms. The standard InChI is InChI=1S/C13H11BrF3NOS/c14-10-5-6-20-12(10)11(18)7-8-1-3-9(4-2-8)19-13(15,16)17/h1-6,11H,7,18H2. The highest BCUT2D eigenvalue weighted by molar-refractivity contribution is 9.10. The second-order valence-electron chi connectivity index (χ2n) is 4.14. The quantitative estimate of drug-likeness (QED) is 0.855. The van der Waals surface area contributed by atoms with Crippen molar-refractivity contribution >= 4 is 27.3 Å². The largest absolute Gasteiger partial charge is 0.573 e. The Morgan fingerprint density at radius 1 is 1.20 bits per heavy atom. The monoisotopic (exact) mass is 365 g/mol. The van der Waals surface area contributed by atoms with Crippen LogP contribution in [0.15, 0.2) is 40.2 Å². The Kier molecular flexibility index (Phi) is 4.72. The van der Waals surface area contributed by atoms with E-state index >= 15 is 0 Å². The van der Waals surface area contributed by atoms with Gasteiger partial charge in [-0.15, -0.1) is 24.5 Å². The zero-order valence-electron chi connectivity index (χ0n) is 10.2. The first kappa shape index (κ1) is 15.3. The predicted molar refractivity (Wildman–Crippen MR) is 75.8 cm³/mol. The number of hydrogen-bond donors (Lipinski definition) is 1. The molecule has 0 radical (unpaired) electrons. The maximum Gasteiger partial charge on any atom is 0.573 e. The van der Waals surface area contributed by atoms with Crippen LogP contribution in [0.5, 0.6) is 5.75 Å². The summed E-state index contributed by atoms with van der Waals surface area (Å²) in [5, 5.41) is 1.93. The molecular formula is C13H11BrF3NOS. The summed E-state index contributed by atoms with van der Waals surface area (Å²) < 4.78 is 40.9. The average Bonchev–Trinajstić information content (AvgIpc) is 2.76. The number of benzene rings is 1. The van der Waals surface area contributed by atoms with Gasteiger partial charge in [0.2, 0.25) is 0 Å². The highest BCUT2D eigenvalue weighted by atomic mass is 79.9. The van der Waals surface area contributed by atoms with E-state index in [2.05, 4.69) is 20.7 Å². The van der Waals surface area contributed by atoms with Gasteiger partial charge in [0.1, 0.15) is 5.75 Å². The van der Waals surface area contributed by atoms with Gasteiger partial charge in [0, 0.05) is 15.4 Å². The van der Waals surface area contributed by atoms with E-state index in [-0.39, 0.29) is 11.8 Å². The first-order chi connectivity index (χ1) is 9.35. The van der Waals surface area contributed by atoms with E-state index in [4.69, 9.17) is 5.73 Å². The highest BCUT2D eigenvalue weighted by Gasteiger charge is 2.30. The van der Waals surface area contributed by atoms with Crippen molar-refractivity contribution < 1.29 is 17.9 Å². The van der Waals surface area contributed by atoms with Crippen LogP contribution in [0.25, 0.3) is 0 Å². The second-order valence-corrected chi connectivity index (χ2v) is 5.94. The molecule has 1 unspecified atom stereocenters. The van der Waals surface area contributed by atoms with Crippen molar-refractivity contribution in [2.24, 2.45) is 5.73 Å². The molecule has 0 fully saturated rings. The molecule has 0 bridgehead atoms. The van der Waals surface area contributed by atoms with Gasteiger partial charge in [-0.05, 0) is 51.5 Å². The minimum atomic E-state index is -4.67. The van der Waals surface area contributed by atoms with E-state index in [0.29, 0.717) is 6.42 Å². The van der Waals surface area contributed by atoms with Crippen LogP contribution in [0.3, 0.4) is 0 Å². The number of hydrogen-bond acceptors (Lipinski definition) is 3. The van der Waals surface area contributed by atoms with Crippen molar-refractivity contribution in [1.29, 1.82) is 0 Å². The summed E-state index contributed by atoms with van der Waals surface area (Å²) in [7, 11) is 0. The van der Waals surface area contributed by atoms with Gasteiger partial charge in [-0.25, -0.2) is 0 Å². The van der Waals surface area contributed by atoms with Crippen molar-refractivity contribution in [2.45, 2.75) is 18.8 Å². The Labute approximate surface area is 126 Å². The molecule has 0 saturated heterocycles. The Hall–Kier alpha value is -1.05. The molecular weight excluding hydrogens is 355 g/mol. The summed E-state index contributed by atoms with van der Waals surface area (Å²) in [5.74, 6) is -0.230. The topological polar surface area (TPSA) is 35.2 Å². The third-order valence-electron chi connectivity index (χ3n) is 2.59. The van der Waals surface area contributed by atoms with Gasteiger partial charge >= 0.3 is 6.36 Å². The number of rotatable bonds is 4. The Balaban J connectivity index is 2.02. The molecule has 1 aromatic carbocycles. The molecule has 0 aliphatic rings. The lowest BCUT2D eigenvalue weighted by Crippen LogP contribution is -2.17. The summed E-state index contributed by atoms with van der Waals surface area (Å²) in [4.78, 5) is 1.01. The van der Waals surface area contributed by atoms with E-state index in [0.717, 1.165) is 14.9 Å². The number of ether oxygens (including phenoxy) is 1. The molecule has 2 nitrogen and oxygen atoms in total. The molecule has 1 atom stereocenters. The van der Waals surface area contributed by atoms with Crippen LogP contribution in [-0.2, 0) is 6.42 Å². The van der Waals surface area contributed by atoms with Gasteiger partial charge in [-0.2, -0.15) is 0 Å². The van der Waals surface area contributed by atoms with E-state index in [1.807, 2.05) is 11.4 Å². The second kappa shape index (κ2) is 6.15.